The van der Waals surface area contributed by atoms with Crippen LogP contribution >= 0.6 is 0 Å². The second kappa shape index (κ2) is 2.04. The van der Waals surface area contributed by atoms with Gasteiger partial charge in [-0.2, -0.15) is 0 Å². The minimum Gasteiger partial charge on any atom is -0.397 e. The molecule has 0 aliphatic rings. The smallest absolute Gasteiger partial charge is 0.0494 e. The van der Waals surface area contributed by atoms with E-state index in [1.54, 1.807) is 0 Å². The van der Waals surface area contributed by atoms with E-state index in [0.717, 1.165) is 5.69 Å². The van der Waals surface area contributed by atoms with E-state index in [0.29, 0.717) is 0 Å². The number of hydrogen-bond donors (Lipinski definition) is 2. The topological polar surface area (TPSA) is 41.8 Å². The van der Waals surface area contributed by atoms with Gasteiger partial charge < -0.3 is 10.7 Å². The fourth-order valence-electron chi connectivity index (χ4n) is 0.844. The van der Waals surface area contributed by atoms with E-state index in [2.05, 4.69) is 25.8 Å². The molecule has 2 heteroatoms. The van der Waals surface area contributed by atoms with E-state index < -0.39 is 0 Å². The average Bonchev–Trinajstić information content (AvgIpc) is 2.11. The van der Waals surface area contributed by atoms with Crippen LogP contribution in [0.25, 0.3) is 0 Å². The average molecular weight is 138 g/mol. The molecular formula is C8H14N2. The highest BCUT2D eigenvalue weighted by atomic mass is 14.8. The second-order valence-corrected chi connectivity index (χ2v) is 3.60. The molecule has 10 heavy (non-hydrogen) atoms. The molecule has 0 aromatic carbocycles. The third kappa shape index (κ3) is 1.32. The highest BCUT2D eigenvalue weighted by molar-refractivity contribution is 5.39. The molecule has 0 bridgehead atoms. The van der Waals surface area contributed by atoms with Crippen molar-refractivity contribution in [2.45, 2.75) is 26.2 Å². The summed E-state index contributed by atoms with van der Waals surface area (Å²) >= 11 is 0. The summed E-state index contributed by atoms with van der Waals surface area (Å²) in [7, 11) is 0. The number of hydrogen-bond acceptors (Lipinski definition) is 1. The number of rotatable bonds is 0. The minimum absolute atomic E-state index is 0.178. The number of anilines is 1. The summed E-state index contributed by atoms with van der Waals surface area (Å²) in [5.74, 6) is 0. The maximum Gasteiger partial charge on any atom is 0.0494 e. The Morgan fingerprint density at radius 3 is 2.20 bits per heavy atom. The van der Waals surface area contributed by atoms with Gasteiger partial charge in [0.1, 0.15) is 0 Å². The fraction of sp³-hybridized carbons (Fsp3) is 0.500. The molecule has 0 radical (unpaired) electrons. The van der Waals surface area contributed by atoms with Crippen molar-refractivity contribution in [2.24, 2.45) is 0 Å². The summed E-state index contributed by atoms with van der Waals surface area (Å²) in [6.45, 7) is 6.45. The Bertz CT molecular complexity index is 217. The molecule has 0 fully saturated rings. The molecule has 3 N–H and O–H groups in total. The highest BCUT2D eigenvalue weighted by Gasteiger charge is 2.14. The molecule has 1 aromatic rings. The molecule has 1 aromatic heterocycles. The van der Waals surface area contributed by atoms with Crippen molar-refractivity contribution in [1.29, 1.82) is 0 Å². The van der Waals surface area contributed by atoms with Crippen LogP contribution in [0.2, 0.25) is 0 Å². The van der Waals surface area contributed by atoms with Crippen molar-refractivity contribution < 1.29 is 0 Å². The summed E-state index contributed by atoms with van der Waals surface area (Å²) in [6, 6.07) is 1.97. The van der Waals surface area contributed by atoms with E-state index in [1.807, 2.05) is 12.3 Å². The quantitative estimate of drug-likeness (QED) is 0.564. The first-order chi connectivity index (χ1) is 4.50. The van der Waals surface area contributed by atoms with Gasteiger partial charge in [0.25, 0.3) is 0 Å². The van der Waals surface area contributed by atoms with Gasteiger partial charge in [-0.3, -0.25) is 0 Å². The van der Waals surface area contributed by atoms with Crippen molar-refractivity contribution in [3.05, 3.63) is 18.0 Å². The first-order valence-corrected chi connectivity index (χ1v) is 3.44. The molecule has 0 amide bonds. The van der Waals surface area contributed by atoms with Crippen LogP contribution in [0.4, 0.5) is 5.69 Å². The van der Waals surface area contributed by atoms with Gasteiger partial charge in [-0.05, 0) is 6.07 Å². The van der Waals surface area contributed by atoms with Gasteiger partial charge in [-0.1, -0.05) is 20.8 Å². The van der Waals surface area contributed by atoms with Crippen molar-refractivity contribution in [1.82, 2.24) is 4.98 Å². The van der Waals surface area contributed by atoms with Crippen LogP contribution in [0.3, 0.4) is 0 Å². The van der Waals surface area contributed by atoms with Gasteiger partial charge in [0, 0.05) is 23.0 Å². The molecule has 0 aliphatic carbocycles. The molecule has 0 aliphatic heterocycles. The molecule has 1 rings (SSSR count). The third-order valence-electron chi connectivity index (χ3n) is 1.51. The summed E-state index contributed by atoms with van der Waals surface area (Å²) in [6.07, 6.45) is 1.82. The lowest BCUT2D eigenvalue weighted by molar-refractivity contribution is 0.573. The Balaban J connectivity index is 2.96. The summed E-state index contributed by atoms with van der Waals surface area (Å²) < 4.78 is 0. The van der Waals surface area contributed by atoms with Gasteiger partial charge in [0.2, 0.25) is 0 Å². The normalized spacial score (nSPS) is 11.9. The highest BCUT2D eigenvalue weighted by Crippen LogP contribution is 2.21. The number of aromatic nitrogens is 1. The Morgan fingerprint density at radius 2 is 2.00 bits per heavy atom. The third-order valence-corrected chi connectivity index (χ3v) is 1.51. The Morgan fingerprint density at radius 1 is 1.40 bits per heavy atom. The molecule has 0 spiro atoms. The standard InChI is InChI=1S/C8H14N2/c1-8(2,3)7-4-6(9)5-10-7/h4-5,10H,9H2,1-3H3. The molecule has 56 valence electrons. The zero-order valence-corrected chi connectivity index (χ0v) is 6.73. The van der Waals surface area contributed by atoms with E-state index in [1.165, 1.54) is 5.69 Å². The number of nitrogens with two attached hydrogens (primary N) is 1. The van der Waals surface area contributed by atoms with Crippen LogP contribution in [-0.2, 0) is 5.41 Å². The summed E-state index contributed by atoms with van der Waals surface area (Å²) in [4.78, 5) is 3.12. The van der Waals surface area contributed by atoms with Crippen molar-refractivity contribution in [3.8, 4) is 0 Å². The Hall–Kier alpha value is -0.920. The van der Waals surface area contributed by atoms with Crippen LogP contribution in [0.15, 0.2) is 12.3 Å². The van der Waals surface area contributed by atoms with Crippen LogP contribution in [0.5, 0.6) is 0 Å². The van der Waals surface area contributed by atoms with E-state index in [4.69, 9.17) is 5.73 Å². The van der Waals surface area contributed by atoms with Crippen molar-refractivity contribution in [2.75, 3.05) is 5.73 Å². The van der Waals surface area contributed by atoms with Crippen LogP contribution in [-0.4, -0.2) is 4.98 Å². The Labute approximate surface area is 61.4 Å². The molecule has 0 unspecified atom stereocenters. The predicted molar refractivity (Wildman–Crippen MR) is 43.9 cm³/mol. The fourth-order valence-corrected chi connectivity index (χ4v) is 0.844. The van der Waals surface area contributed by atoms with Gasteiger partial charge in [-0.25, -0.2) is 0 Å². The van der Waals surface area contributed by atoms with Crippen molar-refractivity contribution >= 4 is 5.69 Å². The maximum absolute atomic E-state index is 5.54. The van der Waals surface area contributed by atoms with E-state index >= 15 is 0 Å². The van der Waals surface area contributed by atoms with Gasteiger partial charge in [-0.15, -0.1) is 0 Å². The van der Waals surface area contributed by atoms with E-state index in [9.17, 15) is 0 Å². The van der Waals surface area contributed by atoms with Crippen LogP contribution < -0.4 is 5.73 Å². The number of aromatic amines is 1. The lowest BCUT2D eigenvalue weighted by Gasteiger charge is -2.15. The number of nitrogens with one attached hydrogen (secondary N) is 1. The van der Waals surface area contributed by atoms with Gasteiger partial charge in [0.15, 0.2) is 0 Å². The molecule has 0 atom stereocenters. The number of H-pyrrole nitrogens is 1. The zero-order valence-electron chi connectivity index (χ0n) is 6.73. The number of nitrogen functional groups attached to an aromatic ring is 1. The lowest BCUT2D eigenvalue weighted by Crippen LogP contribution is -2.10. The molecule has 0 saturated carbocycles. The SMILES string of the molecule is CC(C)(C)c1cc(N)c[nH]1. The van der Waals surface area contributed by atoms with Gasteiger partial charge in [0.05, 0.1) is 0 Å². The summed E-state index contributed by atoms with van der Waals surface area (Å²) in [5.41, 5.74) is 7.72. The van der Waals surface area contributed by atoms with Crippen molar-refractivity contribution in [3.63, 3.8) is 0 Å². The molecule has 0 saturated heterocycles. The first kappa shape index (κ1) is 7.19. The maximum atomic E-state index is 5.54. The molecule has 1 heterocycles. The molecule has 2 nitrogen and oxygen atoms in total. The largest absolute Gasteiger partial charge is 0.397 e. The van der Waals surface area contributed by atoms with Gasteiger partial charge >= 0.3 is 0 Å². The second-order valence-electron chi connectivity index (χ2n) is 3.60. The van der Waals surface area contributed by atoms with E-state index in [-0.39, 0.29) is 5.41 Å². The minimum atomic E-state index is 0.178. The summed E-state index contributed by atoms with van der Waals surface area (Å²) in [5, 5.41) is 0. The zero-order chi connectivity index (χ0) is 7.78. The Kier molecular flexibility index (Phi) is 1.47. The first-order valence-electron chi connectivity index (χ1n) is 3.44. The lowest BCUT2D eigenvalue weighted by atomic mass is 9.92. The van der Waals surface area contributed by atoms with Crippen LogP contribution in [0.1, 0.15) is 26.5 Å². The van der Waals surface area contributed by atoms with Crippen LogP contribution in [0, 0.1) is 0 Å². The molecular weight excluding hydrogens is 124 g/mol. The monoisotopic (exact) mass is 138 g/mol. The predicted octanol–water partition coefficient (Wildman–Crippen LogP) is 1.89.